The Kier molecular flexibility index (Phi) is 6.70. The monoisotopic (exact) mass is 373 g/mol. The van der Waals surface area contributed by atoms with Crippen molar-refractivity contribution >= 4 is 36.4 Å². The summed E-state index contributed by atoms with van der Waals surface area (Å²) in [4.78, 5) is 28.7. The molecule has 0 spiro atoms. The van der Waals surface area contributed by atoms with E-state index >= 15 is 0 Å². The van der Waals surface area contributed by atoms with Crippen LogP contribution in [-0.4, -0.2) is 44.4 Å². The minimum absolute atomic E-state index is 0. The number of imidazole rings is 1. The largest absolute Gasteiger partial charge is 0.337 e. The van der Waals surface area contributed by atoms with Crippen LogP contribution in [0.3, 0.4) is 0 Å². The number of hydrogen-bond donors (Lipinski definition) is 1. The van der Waals surface area contributed by atoms with Gasteiger partial charge < -0.3 is 15.2 Å². The molecule has 0 saturated carbocycles. The molecule has 3 rings (SSSR count). The molecule has 0 aliphatic carbocycles. The number of carbonyl (C=O) groups is 1. The van der Waals surface area contributed by atoms with Gasteiger partial charge in [-0.1, -0.05) is 0 Å². The normalized spacial score (nSPS) is 16.2. The number of nitrogens with zero attached hydrogens (tertiary/aromatic N) is 4. The summed E-state index contributed by atoms with van der Waals surface area (Å²) >= 11 is 0. The Labute approximate surface area is 150 Å². The molecule has 2 N–H and O–H groups in total. The molecular weight excluding hydrogens is 357 g/mol. The molecule has 10 heteroatoms. The van der Waals surface area contributed by atoms with E-state index in [4.69, 9.17) is 5.73 Å². The number of amides is 1. The number of halogens is 2. The number of benzene rings is 1. The van der Waals surface area contributed by atoms with Crippen LogP contribution >= 0.6 is 24.8 Å². The van der Waals surface area contributed by atoms with Crippen molar-refractivity contribution in [2.45, 2.75) is 12.5 Å². The van der Waals surface area contributed by atoms with Gasteiger partial charge in [0.15, 0.2) is 0 Å². The van der Waals surface area contributed by atoms with Crippen molar-refractivity contribution in [3.8, 4) is 5.69 Å². The first-order chi connectivity index (χ1) is 10.6. The standard InChI is InChI=1S/C14H15N5O3.2ClH/c15-11-3-5-17(8-11)14(20)10-1-2-12(13(7-10)19(21)22)18-6-4-16-9-18;;/h1-2,4,6-7,9,11H,3,5,8,15H2;2*1H/t11-;;/m1../s1. The molecule has 24 heavy (non-hydrogen) atoms. The molecule has 2 heterocycles. The van der Waals surface area contributed by atoms with Crippen LogP contribution in [0.25, 0.3) is 5.69 Å². The lowest BCUT2D eigenvalue weighted by Crippen LogP contribution is -2.31. The van der Waals surface area contributed by atoms with E-state index in [0.717, 1.165) is 6.42 Å². The van der Waals surface area contributed by atoms with Gasteiger partial charge in [0.2, 0.25) is 0 Å². The molecule has 1 aliphatic heterocycles. The fourth-order valence-electron chi connectivity index (χ4n) is 2.58. The predicted octanol–water partition coefficient (Wildman–Crippen LogP) is 1.80. The minimum atomic E-state index is -0.498. The summed E-state index contributed by atoms with van der Waals surface area (Å²) in [5, 5.41) is 11.3. The lowest BCUT2D eigenvalue weighted by Gasteiger charge is -2.16. The summed E-state index contributed by atoms with van der Waals surface area (Å²) in [6.45, 7) is 1.06. The molecule has 0 radical (unpaired) electrons. The number of aromatic nitrogens is 2. The van der Waals surface area contributed by atoms with Crippen LogP contribution in [0.4, 0.5) is 5.69 Å². The number of nitrogens with two attached hydrogens (primary N) is 1. The van der Waals surface area contributed by atoms with E-state index in [1.165, 1.54) is 23.2 Å². The first-order valence-corrected chi connectivity index (χ1v) is 6.88. The van der Waals surface area contributed by atoms with Crippen LogP contribution in [0.2, 0.25) is 0 Å². The third kappa shape index (κ3) is 3.84. The highest BCUT2D eigenvalue weighted by atomic mass is 35.5. The Hall–Kier alpha value is -2.16. The second-order valence-corrected chi connectivity index (χ2v) is 5.23. The van der Waals surface area contributed by atoms with Gasteiger partial charge in [-0.25, -0.2) is 4.98 Å². The van der Waals surface area contributed by atoms with Crippen molar-refractivity contribution in [1.82, 2.24) is 14.5 Å². The number of nitro benzene ring substituents is 1. The van der Waals surface area contributed by atoms with Crippen LogP contribution in [-0.2, 0) is 0 Å². The Balaban J connectivity index is 0.00000144. The van der Waals surface area contributed by atoms with Crippen LogP contribution in [0.15, 0.2) is 36.9 Å². The predicted molar refractivity (Wildman–Crippen MR) is 93.2 cm³/mol. The van der Waals surface area contributed by atoms with Gasteiger partial charge in [-0.15, -0.1) is 24.8 Å². The molecule has 0 unspecified atom stereocenters. The third-order valence-electron chi connectivity index (χ3n) is 3.71. The van der Waals surface area contributed by atoms with Gasteiger partial charge >= 0.3 is 0 Å². The molecule has 1 aromatic heterocycles. The van der Waals surface area contributed by atoms with E-state index in [9.17, 15) is 14.9 Å². The third-order valence-corrected chi connectivity index (χ3v) is 3.71. The molecule has 0 bridgehead atoms. The Morgan fingerprint density at radius 1 is 1.38 bits per heavy atom. The van der Waals surface area contributed by atoms with E-state index in [2.05, 4.69) is 4.98 Å². The zero-order valence-corrected chi connectivity index (χ0v) is 14.2. The van der Waals surface area contributed by atoms with E-state index < -0.39 is 4.92 Å². The lowest BCUT2D eigenvalue weighted by atomic mass is 10.1. The summed E-state index contributed by atoms with van der Waals surface area (Å²) in [6, 6.07) is 4.43. The van der Waals surface area contributed by atoms with Crippen molar-refractivity contribution in [2.75, 3.05) is 13.1 Å². The molecule has 1 atom stereocenters. The molecular formula is C14H17Cl2N5O3. The van der Waals surface area contributed by atoms with Crippen molar-refractivity contribution in [3.63, 3.8) is 0 Å². The van der Waals surface area contributed by atoms with Gasteiger partial charge in [0, 0.05) is 43.2 Å². The molecule has 1 aromatic carbocycles. The van der Waals surface area contributed by atoms with Gasteiger partial charge in [0.05, 0.1) is 11.3 Å². The van der Waals surface area contributed by atoms with E-state index in [-0.39, 0.29) is 42.5 Å². The lowest BCUT2D eigenvalue weighted by molar-refractivity contribution is -0.384. The maximum atomic E-state index is 12.4. The Morgan fingerprint density at radius 2 is 2.12 bits per heavy atom. The van der Waals surface area contributed by atoms with Crippen molar-refractivity contribution < 1.29 is 9.72 Å². The molecule has 8 nitrogen and oxygen atoms in total. The van der Waals surface area contributed by atoms with E-state index in [1.54, 1.807) is 23.2 Å². The second kappa shape index (κ2) is 8.09. The zero-order valence-electron chi connectivity index (χ0n) is 12.6. The minimum Gasteiger partial charge on any atom is -0.337 e. The average molecular weight is 374 g/mol. The topological polar surface area (TPSA) is 107 Å². The van der Waals surface area contributed by atoms with Crippen LogP contribution < -0.4 is 5.73 Å². The number of rotatable bonds is 3. The summed E-state index contributed by atoms with van der Waals surface area (Å²) in [5.41, 5.74) is 6.33. The van der Waals surface area contributed by atoms with Gasteiger partial charge in [-0.3, -0.25) is 14.9 Å². The quantitative estimate of drug-likeness (QED) is 0.651. The van der Waals surface area contributed by atoms with Gasteiger partial charge in [-0.2, -0.15) is 0 Å². The van der Waals surface area contributed by atoms with Gasteiger partial charge in [0.1, 0.15) is 5.69 Å². The summed E-state index contributed by atoms with van der Waals surface area (Å²) in [6.07, 6.45) is 5.38. The van der Waals surface area contributed by atoms with E-state index in [0.29, 0.717) is 24.3 Å². The van der Waals surface area contributed by atoms with Crippen LogP contribution in [0, 0.1) is 10.1 Å². The number of carbonyl (C=O) groups excluding carboxylic acids is 1. The van der Waals surface area contributed by atoms with Gasteiger partial charge in [-0.05, 0) is 18.6 Å². The Bertz CT molecular complexity index is 723. The van der Waals surface area contributed by atoms with Crippen molar-refractivity contribution in [3.05, 3.63) is 52.6 Å². The van der Waals surface area contributed by atoms with Crippen molar-refractivity contribution in [1.29, 1.82) is 0 Å². The highest BCUT2D eigenvalue weighted by molar-refractivity contribution is 5.95. The maximum absolute atomic E-state index is 12.4. The Morgan fingerprint density at radius 3 is 2.67 bits per heavy atom. The number of hydrogen-bond acceptors (Lipinski definition) is 5. The summed E-state index contributed by atoms with van der Waals surface area (Å²) in [5.74, 6) is -0.228. The summed E-state index contributed by atoms with van der Waals surface area (Å²) in [7, 11) is 0. The number of likely N-dealkylation sites (tertiary alicyclic amines) is 1. The first-order valence-electron chi connectivity index (χ1n) is 6.88. The van der Waals surface area contributed by atoms with Crippen LogP contribution in [0.1, 0.15) is 16.8 Å². The first kappa shape index (κ1) is 19.9. The van der Waals surface area contributed by atoms with Crippen LogP contribution in [0.5, 0.6) is 0 Å². The molecule has 1 fully saturated rings. The highest BCUT2D eigenvalue weighted by Crippen LogP contribution is 2.25. The molecule has 2 aromatic rings. The zero-order chi connectivity index (χ0) is 15.7. The smallest absolute Gasteiger partial charge is 0.294 e. The SMILES string of the molecule is Cl.Cl.N[C@@H]1CCN(C(=O)c2ccc(-n3ccnc3)c([N+](=O)[O-])c2)C1. The molecule has 1 aliphatic rings. The summed E-state index contributed by atoms with van der Waals surface area (Å²) < 4.78 is 1.54. The van der Waals surface area contributed by atoms with E-state index in [1.807, 2.05) is 0 Å². The molecule has 1 saturated heterocycles. The fraction of sp³-hybridized carbons (Fsp3) is 0.286. The molecule has 130 valence electrons. The highest BCUT2D eigenvalue weighted by Gasteiger charge is 2.26. The fourth-order valence-corrected chi connectivity index (χ4v) is 2.58. The van der Waals surface area contributed by atoms with Gasteiger partial charge in [0.25, 0.3) is 11.6 Å². The second-order valence-electron chi connectivity index (χ2n) is 5.23. The maximum Gasteiger partial charge on any atom is 0.294 e. The van der Waals surface area contributed by atoms with Crippen molar-refractivity contribution in [2.24, 2.45) is 5.73 Å². The average Bonchev–Trinajstić information content (AvgIpc) is 3.17. The number of nitro groups is 1. The molecule has 1 amide bonds.